The Morgan fingerprint density at radius 1 is 1.54 bits per heavy atom. The van der Waals surface area contributed by atoms with Crippen molar-refractivity contribution in [3.05, 3.63) is 0 Å². The predicted octanol–water partition coefficient (Wildman–Crippen LogP) is -0.685. The number of rotatable bonds is 2. The molecule has 5 heteroatoms. The van der Waals surface area contributed by atoms with Gasteiger partial charge in [-0.25, -0.2) is 0 Å². The van der Waals surface area contributed by atoms with Gasteiger partial charge in [0.2, 0.25) is 5.91 Å². The summed E-state index contributed by atoms with van der Waals surface area (Å²) in [7, 11) is 1.11. The number of carbonyl (C=O) groups is 1. The van der Waals surface area contributed by atoms with Crippen LogP contribution in [0.15, 0.2) is 0 Å². The van der Waals surface area contributed by atoms with Gasteiger partial charge in [-0.15, -0.1) is 0 Å². The molecule has 0 aromatic carbocycles. The van der Waals surface area contributed by atoms with E-state index in [1.165, 1.54) is 0 Å². The van der Waals surface area contributed by atoms with Gasteiger partial charge in [-0.05, 0) is 12.8 Å². The van der Waals surface area contributed by atoms with E-state index in [-0.39, 0.29) is 18.5 Å². The second kappa shape index (κ2) is 4.72. The molecule has 0 unspecified atom stereocenters. The first-order valence-corrected chi connectivity index (χ1v) is 5.94. The topological polar surface area (TPSA) is 63.4 Å². The first kappa shape index (κ1) is 10.7. The maximum atomic E-state index is 11.2. The summed E-state index contributed by atoms with van der Waals surface area (Å²) in [5, 5.41) is 0. The van der Waals surface area contributed by atoms with Gasteiger partial charge in [0.15, 0.2) is 0 Å². The van der Waals surface area contributed by atoms with Gasteiger partial charge in [0.05, 0.1) is 6.54 Å². The Bertz CT molecular complexity index is 210. The van der Waals surface area contributed by atoms with E-state index in [1.807, 2.05) is 0 Å². The Morgan fingerprint density at radius 2 is 2.08 bits per heavy atom. The molecule has 0 atom stereocenters. The van der Waals surface area contributed by atoms with Gasteiger partial charge in [0.25, 0.3) is 0 Å². The summed E-state index contributed by atoms with van der Waals surface area (Å²) in [4.78, 5) is 12.9. The molecule has 1 saturated heterocycles. The average molecular weight is 204 g/mol. The van der Waals surface area contributed by atoms with Crippen molar-refractivity contribution in [2.24, 2.45) is 5.73 Å². The van der Waals surface area contributed by atoms with Crippen LogP contribution in [0.3, 0.4) is 0 Å². The van der Waals surface area contributed by atoms with Gasteiger partial charge < -0.3 is 10.6 Å². The van der Waals surface area contributed by atoms with Crippen LogP contribution in [0.4, 0.5) is 0 Å². The molecule has 1 aliphatic heterocycles. The number of likely N-dealkylation sites (N-methyl/N-ethyl adjacent to an activating group) is 1. The van der Waals surface area contributed by atoms with Crippen LogP contribution in [0.5, 0.6) is 0 Å². The molecule has 0 aromatic heterocycles. The van der Waals surface area contributed by atoms with E-state index in [2.05, 4.69) is 0 Å². The van der Waals surface area contributed by atoms with Crippen LogP contribution in [0.1, 0.15) is 12.8 Å². The quantitative estimate of drug-likeness (QED) is 0.648. The molecule has 0 radical (unpaired) electrons. The zero-order valence-corrected chi connectivity index (χ0v) is 8.68. The third-order valence-corrected chi connectivity index (χ3v) is 3.86. The number of hydrogen-bond acceptors (Lipinski definition) is 3. The van der Waals surface area contributed by atoms with E-state index in [9.17, 15) is 9.00 Å². The van der Waals surface area contributed by atoms with Crippen molar-refractivity contribution in [3.8, 4) is 0 Å². The highest BCUT2D eigenvalue weighted by atomic mass is 32.2. The summed E-state index contributed by atoms with van der Waals surface area (Å²) >= 11 is 0. The summed E-state index contributed by atoms with van der Waals surface area (Å²) in [5.41, 5.74) is 5.26. The van der Waals surface area contributed by atoms with Crippen molar-refractivity contribution in [2.75, 3.05) is 25.1 Å². The molecule has 2 N–H and O–H groups in total. The van der Waals surface area contributed by atoms with Gasteiger partial charge >= 0.3 is 0 Å². The fourth-order valence-corrected chi connectivity index (χ4v) is 2.79. The minimum absolute atomic E-state index is 0.0299. The highest BCUT2D eigenvalue weighted by Gasteiger charge is 2.23. The smallest absolute Gasteiger partial charge is 0.236 e. The lowest BCUT2D eigenvalue weighted by molar-refractivity contribution is -0.130. The molecule has 4 nitrogen and oxygen atoms in total. The lowest BCUT2D eigenvalue weighted by Crippen LogP contribution is -2.43. The monoisotopic (exact) mass is 204 g/mol. The predicted molar refractivity (Wildman–Crippen MR) is 52.7 cm³/mol. The molecule has 1 heterocycles. The molecule has 76 valence electrons. The van der Waals surface area contributed by atoms with Crippen molar-refractivity contribution in [1.29, 1.82) is 0 Å². The second-order valence-corrected chi connectivity index (χ2v) is 4.98. The second-order valence-electron chi connectivity index (χ2n) is 3.29. The van der Waals surface area contributed by atoms with Crippen LogP contribution in [0.25, 0.3) is 0 Å². The molecule has 0 aliphatic carbocycles. The Kier molecular flexibility index (Phi) is 3.87. The van der Waals surface area contributed by atoms with Crippen molar-refractivity contribution in [1.82, 2.24) is 4.90 Å². The Hall–Kier alpha value is -0.420. The van der Waals surface area contributed by atoms with E-state index in [0.717, 1.165) is 12.8 Å². The summed E-state index contributed by atoms with van der Waals surface area (Å²) in [5.74, 6) is 1.40. The first-order chi connectivity index (χ1) is 6.15. The number of nitrogens with two attached hydrogens (primary N) is 1. The normalized spacial score (nSPS) is 28.5. The summed E-state index contributed by atoms with van der Waals surface area (Å²) in [6.07, 6.45) is 1.68. The van der Waals surface area contributed by atoms with E-state index in [1.54, 1.807) is 11.9 Å². The van der Waals surface area contributed by atoms with Crippen molar-refractivity contribution in [3.63, 3.8) is 0 Å². The molecule has 0 saturated carbocycles. The highest BCUT2D eigenvalue weighted by Crippen LogP contribution is 2.14. The molecule has 1 amide bonds. The zero-order chi connectivity index (χ0) is 9.84. The van der Waals surface area contributed by atoms with Crippen LogP contribution in [0, 0.1) is 0 Å². The summed E-state index contributed by atoms with van der Waals surface area (Å²) < 4.78 is 11.1. The van der Waals surface area contributed by atoms with Crippen LogP contribution in [0.2, 0.25) is 0 Å². The van der Waals surface area contributed by atoms with Crippen molar-refractivity contribution in [2.45, 2.75) is 18.9 Å². The number of amides is 1. The third-order valence-electron chi connectivity index (χ3n) is 2.47. The number of carbonyl (C=O) groups excluding carboxylic acids is 1. The molecule has 0 aromatic rings. The van der Waals surface area contributed by atoms with Gasteiger partial charge in [-0.3, -0.25) is 9.00 Å². The summed E-state index contributed by atoms with van der Waals surface area (Å²) in [6, 6.07) is 0.244. The molecular weight excluding hydrogens is 188 g/mol. The first-order valence-electron chi connectivity index (χ1n) is 4.46. The Labute approximate surface area is 80.9 Å². The van der Waals surface area contributed by atoms with Crippen LogP contribution < -0.4 is 5.73 Å². The van der Waals surface area contributed by atoms with E-state index in [0.29, 0.717) is 11.5 Å². The molecule has 0 bridgehead atoms. The maximum Gasteiger partial charge on any atom is 0.236 e. The van der Waals surface area contributed by atoms with Gasteiger partial charge in [-0.2, -0.15) is 0 Å². The Balaban J connectivity index is 2.44. The molecule has 0 spiro atoms. The van der Waals surface area contributed by atoms with E-state index < -0.39 is 10.8 Å². The van der Waals surface area contributed by atoms with Crippen molar-refractivity contribution >= 4 is 16.7 Å². The van der Waals surface area contributed by atoms with Crippen LogP contribution in [-0.4, -0.2) is 46.2 Å². The average Bonchev–Trinajstić information content (AvgIpc) is 2.17. The standard InChI is InChI=1S/C8H16N2O2S/c1-10(8(11)6-9)7-2-4-13(12)5-3-7/h7H,2-6,9H2,1H3. The third kappa shape index (κ3) is 2.77. The minimum atomic E-state index is -0.662. The lowest BCUT2D eigenvalue weighted by atomic mass is 10.1. The van der Waals surface area contributed by atoms with Gasteiger partial charge in [0, 0.05) is 35.4 Å². The largest absolute Gasteiger partial charge is 0.342 e. The SMILES string of the molecule is CN(C(=O)CN)C1CCS(=O)CC1. The van der Waals surface area contributed by atoms with E-state index >= 15 is 0 Å². The maximum absolute atomic E-state index is 11.2. The lowest BCUT2D eigenvalue weighted by Gasteiger charge is -2.30. The van der Waals surface area contributed by atoms with Crippen LogP contribution >= 0.6 is 0 Å². The highest BCUT2D eigenvalue weighted by molar-refractivity contribution is 7.85. The van der Waals surface area contributed by atoms with Gasteiger partial charge in [0.1, 0.15) is 0 Å². The van der Waals surface area contributed by atoms with E-state index in [4.69, 9.17) is 5.73 Å². The van der Waals surface area contributed by atoms with Crippen LogP contribution in [-0.2, 0) is 15.6 Å². The fraction of sp³-hybridized carbons (Fsp3) is 0.875. The Morgan fingerprint density at radius 3 is 2.54 bits per heavy atom. The molecule has 1 aliphatic rings. The molecule has 13 heavy (non-hydrogen) atoms. The molecule has 1 fully saturated rings. The zero-order valence-electron chi connectivity index (χ0n) is 7.86. The van der Waals surface area contributed by atoms with Crippen molar-refractivity contribution < 1.29 is 9.00 Å². The number of hydrogen-bond donors (Lipinski definition) is 1. The van der Waals surface area contributed by atoms with Gasteiger partial charge in [-0.1, -0.05) is 0 Å². The minimum Gasteiger partial charge on any atom is -0.342 e. The number of nitrogens with zero attached hydrogens (tertiary/aromatic N) is 1. The molecular formula is C8H16N2O2S. The fourth-order valence-electron chi connectivity index (χ4n) is 1.52. The summed E-state index contributed by atoms with van der Waals surface area (Å²) in [6.45, 7) is 0.0656. The molecule has 1 rings (SSSR count).